The average molecular weight is 400 g/mol. The van der Waals surface area contributed by atoms with Crippen molar-refractivity contribution in [1.82, 2.24) is 29.5 Å². The van der Waals surface area contributed by atoms with Crippen molar-refractivity contribution in [3.8, 4) is 11.3 Å². The maximum absolute atomic E-state index is 10.9. The van der Waals surface area contributed by atoms with Crippen LogP contribution in [0.4, 0.5) is 0 Å². The molecule has 0 saturated carbocycles. The minimum Gasteiger partial charge on any atom is -0.464 e. The summed E-state index contributed by atoms with van der Waals surface area (Å²) in [7, 11) is 0. The largest absolute Gasteiger partial charge is 0.464 e. The molecule has 0 aliphatic carbocycles. The van der Waals surface area contributed by atoms with Gasteiger partial charge in [0.05, 0.1) is 36.0 Å². The fourth-order valence-electron chi connectivity index (χ4n) is 3.47. The zero-order valence-corrected chi connectivity index (χ0v) is 16.4. The zero-order chi connectivity index (χ0) is 20.5. The first-order valence-electron chi connectivity index (χ1n) is 9.71. The molecule has 0 amide bonds. The number of pyridine rings is 2. The van der Waals surface area contributed by atoms with Gasteiger partial charge in [0.15, 0.2) is 5.65 Å². The van der Waals surface area contributed by atoms with Crippen molar-refractivity contribution in [3.05, 3.63) is 66.6 Å². The molecule has 0 unspecified atom stereocenters. The Bertz CT molecular complexity index is 1350. The van der Waals surface area contributed by atoms with Crippen LogP contribution in [0.3, 0.4) is 0 Å². The lowest BCUT2D eigenvalue weighted by Gasteiger charge is -2.16. The van der Waals surface area contributed by atoms with Crippen LogP contribution in [0.2, 0.25) is 0 Å². The van der Waals surface area contributed by atoms with E-state index < -0.39 is 0 Å². The Kier molecular flexibility index (Phi) is 4.51. The van der Waals surface area contributed by atoms with Gasteiger partial charge >= 0.3 is 5.97 Å². The van der Waals surface area contributed by atoms with Gasteiger partial charge in [-0.1, -0.05) is 12.1 Å². The molecule has 1 aromatic carbocycles. The molecule has 30 heavy (non-hydrogen) atoms. The number of ether oxygens (including phenoxy) is 1. The van der Waals surface area contributed by atoms with E-state index in [0.717, 1.165) is 33.3 Å². The Labute approximate surface area is 172 Å². The third-order valence-electron chi connectivity index (χ3n) is 4.95. The molecule has 0 saturated heterocycles. The number of H-pyrrole nitrogens is 1. The van der Waals surface area contributed by atoms with Crippen LogP contribution in [0.15, 0.2) is 61.1 Å². The second-order valence-corrected chi connectivity index (χ2v) is 7.13. The predicted molar refractivity (Wildman–Crippen MR) is 113 cm³/mol. The Balaban J connectivity index is 1.36. The summed E-state index contributed by atoms with van der Waals surface area (Å²) < 4.78 is 8.75. The maximum Gasteiger partial charge on any atom is 0.302 e. The molecule has 5 rings (SSSR count). The van der Waals surface area contributed by atoms with Crippen LogP contribution in [-0.2, 0) is 22.6 Å². The van der Waals surface area contributed by atoms with Crippen LogP contribution < -0.4 is 0 Å². The summed E-state index contributed by atoms with van der Waals surface area (Å²) in [6.07, 6.45) is 5.49. The number of hydrogen-bond donors (Lipinski definition) is 1. The highest BCUT2D eigenvalue weighted by molar-refractivity contribution is 5.79. The Hall–Kier alpha value is -3.94. The number of carbonyl (C=O) groups is 1. The number of fused-ring (bicyclic) bond motifs is 2. The molecule has 150 valence electrons. The van der Waals surface area contributed by atoms with Crippen LogP contribution in [-0.4, -0.2) is 42.1 Å². The summed E-state index contributed by atoms with van der Waals surface area (Å²) >= 11 is 0. The molecule has 0 aliphatic rings. The number of nitrogens with one attached hydrogen (secondary N) is 1. The van der Waals surface area contributed by atoms with Gasteiger partial charge in [0.1, 0.15) is 6.61 Å². The number of aromatic nitrogens is 6. The highest BCUT2D eigenvalue weighted by atomic mass is 16.5. The van der Waals surface area contributed by atoms with E-state index in [1.807, 2.05) is 35.1 Å². The van der Waals surface area contributed by atoms with Crippen molar-refractivity contribution in [2.45, 2.75) is 20.0 Å². The lowest BCUT2D eigenvalue weighted by atomic mass is 10.1. The highest BCUT2D eigenvalue weighted by Gasteiger charge is 2.11. The second-order valence-electron chi connectivity index (χ2n) is 7.13. The van der Waals surface area contributed by atoms with E-state index in [-0.39, 0.29) is 5.97 Å². The molecule has 1 N–H and O–H groups in total. The number of rotatable bonds is 6. The summed E-state index contributed by atoms with van der Waals surface area (Å²) in [5.41, 5.74) is 5.85. The van der Waals surface area contributed by atoms with Gasteiger partial charge in [0.25, 0.3) is 0 Å². The van der Waals surface area contributed by atoms with Crippen molar-refractivity contribution in [2.24, 2.45) is 0 Å². The van der Waals surface area contributed by atoms with Crippen molar-refractivity contribution >= 4 is 28.0 Å². The predicted octanol–water partition coefficient (Wildman–Crippen LogP) is 3.39. The third kappa shape index (κ3) is 3.55. The summed E-state index contributed by atoms with van der Waals surface area (Å²) in [5, 5.41) is 8.78. The fourth-order valence-corrected chi connectivity index (χ4v) is 3.47. The number of esters is 1. The van der Waals surface area contributed by atoms with E-state index in [1.165, 1.54) is 12.5 Å². The summed E-state index contributed by atoms with van der Waals surface area (Å²) in [4.78, 5) is 20.1. The van der Waals surface area contributed by atoms with Gasteiger partial charge in [-0.15, -0.1) is 0 Å². The van der Waals surface area contributed by atoms with Crippen molar-refractivity contribution in [3.63, 3.8) is 0 Å². The van der Waals surface area contributed by atoms with E-state index in [2.05, 4.69) is 33.4 Å². The molecule has 0 spiro atoms. The minimum atomic E-state index is -0.290. The monoisotopic (exact) mass is 400 g/mol. The second kappa shape index (κ2) is 7.47. The molecule has 0 aliphatic heterocycles. The van der Waals surface area contributed by atoms with Crippen molar-refractivity contribution < 1.29 is 9.53 Å². The summed E-state index contributed by atoms with van der Waals surface area (Å²) in [6.45, 7) is 2.91. The van der Waals surface area contributed by atoms with E-state index in [0.29, 0.717) is 19.7 Å². The van der Waals surface area contributed by atoms with Crippen molar-refractivity contribution in [1.29, 1.82) is 0 Å². The minimum absolute atomic E-state index is 0.290. The Morgan fingerprint density at radius 1 is 1.20 bits per heavy atom. The molecule has 0 fully saturated rings. The van der Waals surface area contributed by atoms with Gasteiger partial charge < -0.3 is 4.74 Å². The molecular weight excluding hydrogens is 380 g/mol. The van der Waals surface area contributed by atoms with Gasteiger partial charge in [0, 0.05) is 30.3 Å². The first-order chi connectivity index (χ1) is 14.7. The topological polar surface area (TPSA) is 90.6 Å². The van der Waals surface area contributed by atoms with Gasteiger partial charge in [-0.25, -0.2) is 4.98 Å². The molecule has 8 heteroatoms. The van der Waals surface area contributed by atoms with Gasteiger partial charge in [-0.3, -0.25) is 24.2 Å². The van der Waals surface area contributed by atoms with E-state index in [9.17, 15) is 4.79 Å². The Morgan fingerprint density at radius 3 is 3.03 bits per heavy atom. The lowest BCUT2D eigenvalue weighted by molar-refractivity contribution is -0.141. The number of aromatic amines is 1. The molecule has 4 heterocycles. The molecule has 0 radical (unpaired) electrons. The summed E-state index contributed by atoms with van der Waals surface area (Å²) in [6, 6.07) is 14.3. The zero-order valence-electron chi connectivity index (χ0n) is 16.4. The van der Waals surface area contributed by atoms with Crippen molar-refractivity contribution in [2.75, 3.05) is 6.61 Å². The first kappa shape index (κ1) is 18.1. The Morgan fingerprint density at radius 2 is 2.13 bits per heavy atom. The quantitative estimate of drug-likeness (QED) is 0.441. The molecule has 4 aromatic heterocycles. The fraction of sp³-hybridized carbons (Fsp3) is 0.182. The van der Waals surface area contributed by atoms with E-state index >= 15 is 0 Å². The lowest BCUT2D eigenvalue weighted by Crippen LogP contribution is -2.13. The van der Waals surface area contributed by atoms with Crippen LogP contribution in [0.5, 0.6) is 0 Å². The normalized spacial score (nSPS) is 11.4. The summed E-state index contributed by atoms with van der Waals surface area (Å²) in [5.74, 6) is -0.290. The smallest absolute Gasteiger partial charge is 0.302 e. The standard InChI is InChI=1S/C22H20N6O2/c1-15(29)30-10-9-27-14-18(12-24-27)20-6-7-21-22(25-20)28(26-21)13-16-4-5-19-17(11-16)3-2-8-23-19/h2-8,11-12,14,26H,9-10,13H2,1H3. The number of nitrogens with zero attached hydrogens (tertiary/aromatic N) is 5. The van der Waals surface area contributed by atoms with Gasteiger partial charge in [-0.2, -0.15) is 5.10 Å². The first-order valence-corrected chi connectivity index (χ1v) is 9.71. The molecule has 5 aromatic rings. The third-order valence-corrected chi connectivity index (χ3v) is 4.95. The molecule has 0 atom stereocenters. The number of carbonyl (C=O) groups excluding carboxylic acids is 1. The van der Waals surface area contributed by atoms with Gasteiger partial charge in [-0.05, 0) is 35.9 Å². The van der Waals surface area contributed by atoms with Crippen LogP contribution in [0.25, 0.3) is 33.3 Å². The SMILES string of the molecule is CC(=O)OCCn1cc(-c2ccc3[nH]n(Cc4ccc5ncccc5c4)c3n2)cn1. The highest BCUT2D eigenvalue weighted by Crippen LogP contribution is 2.22. The van der Waals surface area contributed by atoms with Crippen LogP contribution in [0.1, 0.15) is 12.5 Å². The van der Waals surface area contributed by atoms with Gasteiger partial charge in [0.2, 0.25) is 0 Å². The average Bonchev–Trinajstić information content (AvgIpc) is 3.20. The van der Waals surface area contributed by atoms with Crippen LogP contribution >= 0.6 is 0 Å². The maximum atomic E-state index is 10.9. The van der Waals surface area contributed by atoms with E-state index in [1.54, 1.807) is 17.1 Å². The molecule has 0 bridgehead atoms. The van der Waals surface area contributed by atoms with Crippen LogP contribution in [0, 0.1) is 0 Å². The molecular formula is C22H20N6O2. The van der Waals surface area contributed by atoms with E-state index in [4.69, 9.17) is 9.72 Å². The number of benzene rings is 1. The molecule has 8 nitrogen and oxygen atoms in total. The number of hydrogen-bond acceptors (Lipinski definition) is 5.